The number of ether oxygens (including phenoxy) is 1. The summed E-state index contributed by atoms with van der Waals surface area (Å²) in [5.41, 5.74) is 2.37. The number of carbonyl (C=O) groups excluding carboxylic acids is 2. The zero-order valence-corrected chi connectivity index (χ0v) is 19.7. The number of nitrogens with one attached hydrogen (secondary N) is 2. The minimum atomic E-state index is -0.166. The van der Waals surface area contributed by atoms with E-state index in [4.69, 9.17) is 16.3 Å². The molecule has 0 bridgehead atoms. The van der Waals surface area contributed by atoms with E-state index in [1.165, 1.54) is 19.3 Å². The highest BCUT2D eigenvalue weighted by Gasteiger charge is 2.28. The zero-order chi connectivity index (χ0) is 23.2. The maximum absolute atomic E-state index is 12.8. The monoisotopic (exact) mass is 470 g/mol. The number of anilines is 3. The molecule has 33 heavy (non-hydrogen) atoms. The van der Waals surface area contributed by atoms with Crippen molar-refractivity contribution in [3.63, 3.8) is 0 Å². The number of hydrogen-bond acceptors (Lipinski definition) is 4. The predicted octanol–water partition coefficient (Wildman–Crippen LogP) is 5.22. The maximum Gasteiger partial charge on any atom is 0.321 e. The topological polar surface area (TPSA) is 73.9 Å². The Hall–Kier alpha value is -2.93. The van der Waals surface area contributed by atoms with Crippen LogP contribution in [0, 0.1) is 5.92 Å². The molecule has 7 nitrogen and oxygen atoms in total. The van der Waals surface area contributed by atoms with Gasteiger partial charge in [-0.2, -0.15) is 0 Å². The molecule has 2 N–H and O–H groups in total. The van der Waals surface area contributed by atoms with Crippen molar-refractivity contribution >= 4 is 40.6 Å². The third-order valence-electron chi connectivity index (χ3n) is 6.41. The van der Waals surface area contributed by atoms with E-state index in [0.717, 1.165) is 18.8 Å². The molecule has 0 aliphatic carbocycles. The minimum absolute atomic E-state index is 0.0420. The fourth-order valence-corrected chi connectivity index (χ4v) is 4.81. The molecule has 3 amide bonds. The van der Waals surface area contributed by atoms with Gasteiger partial charge in [0.05, 0.1) is 23.5 Å². The number of piperidine rings is 2. The number of amides is 3. The fourth-order valence-electron chi connectivity index (χ4n) is 4.51. The van der Waals surface area contributed by atoms with Gasteiger partial charge in [-0.05, 0) is 62.4 Å². The van der Waals surface area contributed by atoms with Gasteiger partial charge in [0.15, 0.2) is 0 Å². The highest BCUT2D eigenvalue weighted by atomic mass is 35.5. The summed E-state index contributed by atoms with van der Waals surface area (Å²) >= 11 is 6.51. The number of para-hydroxylation sites is 2. The summed E-state index contributed by atoms with van der Waals surface area (Å²) < 4.78 is 5.30. The van der Waals surface area contributed by atoms with Crippen LogP contribution >= 0.6 is 11.6 Å². The number of likely N-dealkylation sites (tertiary alicyclic amines) is 1. The van der Waals surface area contributed by atoms with Gasteiger partial charge in [-0.3, -0.25) is 4.79 Å². The molecule has 0 radical (unpaired) electrons. The lowest BCUT2D eigenvalue weighted by atomic mass is 9.96. The molecule has 2 aliphatic heterocycles. The van der Waals surface area contributed by atoms with Crippen LogP contribution in [0.2, 0.25) is 5.02 Å². The first-order valence-corrected chi connectivity index (χ1v) is 12.0. The minimum Gasteiger partial charge on any atom is -0.495 e. The molecule has 8 heteroatoms. The zero-order valence-electron chi connectivity index (χ0n) is 19.0. The SMILES string of the molecule is COc1ccccc1NC(=O)C1CCN(C(=O)Nc2ccc(N3CCCCC3)c(Cl)c2)CC1. The third-order valence-corrected chi connectivity index (χ3v) is 6.72. The molecule has 0 spiro atoms. The maximum atomic E-state index is 12.8. The van der Waals surface area contributed by atoms with Crippen molar-refractivity contribution in [1.29, 1.82) is 0 Å². The molecule has 0 saturated carbocycles. The van der Waals surface area contributed by atoms with Crippen LogP contribution in [0.25, 0.3) is 0 Å². The summed E-state index contributed by atoms with van der Waals surface area (Å²) in [6, 6.07) is 12.9. The molecule has 0 unspecified atom stereocenters. The van der Waals surface area contributed by atoms with Crippen LogP contribution in [0.3, 0.4) is 0 Å². The van der Waals surface area contributed by atoms with E-state index in [0.29, 0.717) is 48.1 Å². The van der Waals surface area contributed by atoms with Gasteiger partial charge in [0.2, 0.25) is 5.91 Å². The van der Waals surface area contributed by atoms with Gasteiger partial charge in [0.25, 0.3) is 0 Å². The Morgan fingerprint density at radius 1 is 0.970 bits per heavy atom. The lowest BCUT2D eigenvalue weighted by Gasteiger charge is -2.32. The van der Waals surface area contributed by atoms with E-state index in [1.807, 2.05) is 42.5 Å². The molecule has 0 atom stereocenters. The van der Waals surface area contributed by atoms with Gasteiger partial charge in [-0.1, -0.05) is 23.7 Å². The second-order valence-electron chi connectivity index (χ2n) is 8.59. The average molecular weight is 471 g/mol. The predicted molar refractivity (Wildman–Crippen MR) is 132 cm³/mol. The number of urea groups is 1. The van der Waals surface area contributed by atoms with Crippen molar-refractivity contribution < 1.29 is 14.3 Å². The molecule has 2 aromatic rings. The third kappa shape index (κ3) is 5.71. The lowest BCUT2D eigenvalue weighted by molar-refractivity contribution is -0.121. The summed E-state index contributed by atoms with van der Waals surface area (Å²) in [5.74, 6) is 0.449. The molecule has 2 heterocycles. The number of rotatable bonds is 5. The highest BCUT2D eigenvalue weighted by Crippen LogP contribution is 2.31. The number of benzene rings is 2. The molecule has 4 rings (SSSR count). The van der Waals surface area contributed by atoms with Crippen molar-refractivity contribution in [3.05, 3.63) is 47.5 Å². The van der Waals surface area contributed by atoms with Gasteiger partial charge in [0.1, 0.15) is 5.75 Å². The summed E-state index contributed by atoms with van der Waals surface area (Å²) in [6.07, 6.45) is 4.86. The molecule has 2 aliphatic rings. The first-order valence-electron chi connectivity index (χ1n) is 11.6. The van der Waals surface area contributed by atoms with Crippen LogP contribution in [0.5, 0.6) is 5.75 Å². The Morgan fingerprint density at radius 3 is 2.39 bits per heavy atom. The first-order chi connectivity index (χ1) is 16.0. The van der Waals surface area contributed by atoms with E-state index >= 15 is 0 Å². The lowest BCUT2D eigenvalue weighted by Crippen LogP contribution is -2.43. The van der Waals surface area contributed by atoms with Gasteiger partial charge in [-0.25, -0.2) is 4.79 Å². The summed E-state index contributed by atoms with van der Waals surface area (Å²) in [5, 5.41) is 6.55. The fraction of sp³-hybridized carbons (Fsp3) is 0.440. The standard InChI is InChI=1S/C25H31ClN4O3/c1-33-23-8-4-3-7-21(23)28-24(31)18-11-15-30(16-12-18)25(32)27-19-9-10-22(20(26)17-19)29-13-5-2-6-14-29/h3-4,7-10,17-18H,2,5-6,11-16H2,1H3,(H,27,32)(H,28,31). The van der Waals surface area contributed by atoms with Crippen molar-refractivity contribution in [2.45, 2.75) is 32.1 Å². The Labute approximate surface area is 200 Å². The normalized spacial score (nSPS) is 16.9. The van der Waals surface area contributed by atoms with Crippen molar-refractivity contribution in [1.82, 2.24) is 4.90 Å². The van der Waals surface area contributed by atoms with Gasteiger partial charge in [0, 0.05) is 37.8 Å². The summed E-state index contributed by atoms with van der Waals surface area (Å²) in [7, 11) is 1.58. The Kier molecular flexibility index (Phi) is 7.60. The number of carbonyl (C=O) groups is 2. The Balaban J connectivity index is 1.28. The van der Waals surface area contributed by atoms with Crippen LogP contribution in [0.15, 0.2) is 42.5 Å². The largest absolute Gasteiger partial charge is 0.495 e. The van der Waals surface area contributed by atoms with Crippen molar-refractivity contribution in [2.24, 2.45) is 5.92 Å². The van der Waals surface area contributed by atoms with E-state index < -0.39 is 0 Å². The summed E-state index contributed by atoms with van der Waals surface area (Å²) in [4.78, 5) is 29.5. The smallest absolute Gasteiger partial charge is 0.321 e. The molecular weight excluding hydrogens is 440 g/mol. The molecule has 176 valence electrons. The molecule has 2 saturated heterocycles. The van der Waals surface area contributed by atoms with Crippen LogP contribution in [-0.4, -0.2) is 50.1 Å². The van der Waals surface area contributed by atoms with Crippen molar-refractivity contribution in [3.8, 4) is 5.75 Å². The Bertz CT molecular complexity index is 985. The van der Waals surface area contributed by atoms with E-state index in [1.54, 1.807) is 12.0 Å². The number of nitrogens with zero attached hydrogens (tertiary/aromatic N) is 2. The second-order valence-corrected chi connectivity index (χ2v) is 9.00. The van der Waals surface area contributed by atoms with E-state index in [2.05, 4.69) is 15.5 Å². The summed E-state index contributed by atoms with van der Waals surface area (Å²) in [6.45, 7) is 3.08. The van der Waals surface area contributed by atoms with Crippen molar-refractivity contribution in [2.75, 3.05) is 48.8 Å². The second kappa shape index (κ2) is 10.8. The van der Waals surface area contributed by atoms with Gasteiger partial charge in [-0.15, -0.1) is 0 Å². The quantitative estimate of drug-likeness (QED) is 0.628. The van der Waals surface area contributed by atoms with Crippen LogP contribution < -0.4 is 20.3 Å². The van der Waals surface area contributed by atoms with Crippen LogP contribution in [0.4, 0.5) is 21.9 Å². The first kappa shape index (κ1) is 23.2. The Morgan fingerprint density at radius 2 is 1.70 bits per heavy atom. The molecular formula is C25H31ClN4O3. The molecule has 2 fully saturated rings. The number of halogens is 1. The van der Waals surface area contributed by atoms with Crippen LogP contribution in [0.1, 0.15) is 32.1 Å². The average Bonchev–Trinajstić information content (AvgIpc) is 2.85. The molecule has 2 aromatic carbocycles. The van der Waals surface area contributed by atoms with E-state index in [-0.39, 0.29) is 17.9 Å². The van der Waals surface area contributed by atoms with E-state index in [9.17, 15) is 9.59 Å². The number of hydrogen-bond donors (Lipinski definition) is 2. The molecule has 0 aromatic heterocycles. The number of methoxy groups -OCH3 is 1. The van der Waals surface area contributed by atoms with Gasteiger partial charge >= 0.3 is 6.03 Å². The van der Waals surface area contributed by atoms with Gasteiger partial charge < -0.3 is 25.2 Å². The highest BCUT2D eigenvalue weighted by molar-refractivity contribution is 6.33. The van der Waals surface area contributed by atoms with Crippen LogP contribution in [-0.2, 0) is 4.79 Å².